The first kappa shape index (κ1) is 14.1. The Kier molecular flexibility index (Phi) is 4.97. The number of rotatable bonds is 6. The summed E-state index contributed by atoms with van der Waals surface area (Å²) in [5, 5.41) is 4.20. The number of benzene rings is 1. The van der Waals surface area contributed by atoms with E-state index < -0.39 is 0 Å². The van der Waals surface area contributed by atoms with Crippen LogP contribution in [-0.2, 0) is 16.2 Å². The van der Waals surface area contributed by atoms with Crippen LogP contribution in [0.3, 0.4) is 0 Å². The Morgan fingerprint density at radius 1 is 1.26 bits per heavy atom. The molecule has 0 saturated carbocycles. The quantitative estimate of drug-likeness (QED) is 0.782. The highest BCUT2D eigenvalue weighted by atomic mass is 16.7. The van der Waals surface area contributed by atoms with Crippen molar-refractivity contribution < 1.29 is 9.57 Å². The molecule has 0 aromatic heterocycles. The van der Waals surface area contributed by atoms with E-state index in [9.17, 15) is 0 Å². The van der Waals surface area contributed by atoms with Crippen LogP contribution in [0.2, 0.25) is 0 Å². The molecule has 1 aliphatic rings. The second-order valence-corrected chi connectivity index (χ2v) is 5.61. The van der Waals surface area contributed by atoms with Gasteiger partial charge in [-0.15, -0.1) is 0 Å². The highest BCUT2D eigenvalue weighted by Crippen LogP contribution is 2.22. The summed E-state index contributed by atoms with van der Waals surface area (Å²) in [5.41, 5.74) is 2.36. The molecule has 0 unspecified atom stereocenters. The van der Waals surface area contributed by atoms with Gasteiger partial charge in [-0.05, 0) is 17.9 Å². The minimum absolute atomic E-state index is 0.0671. The van der Waals surface area contributed by atoms with Crippen LogP contribution in [0.4, 0.5) is 0 Å². The van der Waals surface area contributed by atoms with Crippen molar-refractivity contribution >= 4 is 5.71 Å². The average molecular weight is 261 g/mol. The molecule has 1 aliphatic heterocycles. The molecule has 1 heterocycles. The summed E-state index contributed by atoms with van der Waals surface area (Å²) in [6.07, 6.45) is 1.08. The molecule has 0 spiro atoms. The SMILES string of the molecule is CC(C)CC1=NO[C@H](COCc2ccccc2)[C@@H]1C. The fourth-order valence-corrected chi connectivity index (χ4v) is 2.21. The van der Waals surface area contributed by atoms with Gasteiger partial charge in [0.1, 0.15) is 0 Å². The van der Waals surface area contributed by atoms with Gasteiger partial charge in [0.2, 0.25) is 0 Å². The molecule has 0 amide bonds. The smallest absolute Gasteiger partial charge is 0.158 e. The number of hydrogen-bond donors (Lipinski definition) is 0. The zero-order valence-electron chi connectivity index (χ0n) is 12.0. The number of hydrogen-bond acceptors (Lipinski definition) is 3. The molecular formula is C16H23NO2. The van der Waals surface area contributed by atoms with E-state index in [1.54, 1.807) is 0 Å². The van der Waals surface area contributed by atoms with Crippen LogP contribution in [-0.4, -0.2) is 18.4 Å². The molecule has 1 aromatic carbocycles. The van der Waals surface area contributed by atoms with Crippen LogP contribution >= 0.6 is 0 Å². The second kappa shape index (κ2) is 6.71. The highest BCUT2D eigenvalue weighted by Gasteiger charge is 2.30. The summed E-state index contributed by atoms with van der Waals surface area (Å²) in [5.74, 6) is 0.979. The molecule has 0 bridgehead atoms. The molecule has 0 saturated heterocycles. The molecule has 0 radical (unpaired) electrons. The van der Waals surface area contributed by atoms with Crippen molar-refractivity contribution in [3.05, 3.63) is 35.9 Å². The van der Waals surface area contributed by atoms with Crippen molar-refractivity contribution in [1.82, 2.24) is 0 Å². The average Bonchev–Trinajstić information content (AvgIpc) is 2.72. The zero-order chi connectivity index (χ0) is 13.7. The summed E-state index contributed by atoms with van der Waals surface area (Å²) >= 11 is 0. The molecule has 1 aromatic rings. The van der Waals surface area contributed by atoms with Crippen LogP contribution in [0, 0.1) is 11.8 Å². The Morgan fingerprint density at radius 3 is 2.68 bits per heavy atom. The second-order valence-electron chi connectivity index (χ2n) is 5.61. The van der Waals surface area contributed by atoms with Crippen molar-refractivity contribution in [2.45, 2.75) is 39.9 Å². The summed E-state index contributed by atoms with van der Waals surface area (Å²) in [6, 6.07) is 10.2. The van der Waals surface area contributed by atoms with Crippen molar-refractivity contribution in [2.75, 3.05) is 6.61 Å². The van der Waals surface area contributed by atoms with E-state index in [4.69, 9.17) is 9.57 Å². The van der Waals surface area contributed by atoms with Gasteiger partial charge in [-0.1, -0.05) is 56.3 Å². The first-order chi connectivity index (χ1) is 9.16. The third kappa shape index (κ3) is 4.06. The Labute approximate surface area is 115 Å². The first-order valence-electron chi connectivity index (χ1n) is 7.01. The molecular weight excluding hydrogens is 238 g/mol. The van der Waals surface area contributed by atoms with Crippen molar-refractivity contribution in [1.29, 1.82) is 0 Å². The monoisotopic (exact) mass is 261 g/mol. The van der Waals surface area contributed by atoms with E-state index in [1.165, 1.54) is 11.3 Å². The predicted molar refractivity (Wildman–Crippen MR) is 77.0 cm³/mol. The van der Waals surface area contributed by atoms with Crippen LogP contribution in [0.1, 0.15) is 32.8 Å². The Balaban J connectivity index is 1.74. The van der Waals surface area contributed by atoms with Gasteiger partial charge >= 0.3 is 0 Å². The van der Waals surface area contributed by atoms with Crippen LogP contribution in [0.15, 0.2) is 35.5 Å². The minimum Gasteiger partial charge on any atom is -0.389 e. The molecule has 2 atom stereocenters. The number of ether oxygens (including phenoxy) is 1. The fourth-order valence-electron chi connectivity index (χ4n) is 2.21. The van der Waals surface area contributed by atoms with E-state index in [0.29, 0.717) is 25.0 Å². The maximum Gasteiger partial charge on any atom is 0.158 e. The van der Waals surface area contributed by atoms with Gasteiger partial charge in [-0.2, -0.15) is 0 Å². The van der Waals surface area contributed by atoms with E-state index in [-0.39, 0.29) is 6.10 Å². The van der Waals surface area contributed by atoms with Crippen molar-refractivity contribution in [3.63, 3.8) is 0 Å². The molecule has 0 aliphatic carbocycles. The Bertz CT molecular complexity index is 414. The van der Waals surface area contributed by atoms with Crippen LogP contribution in [0.25, 0.3) is 0 Å². The summed E-state index contributed by atoms with van der Waals surface area (Å²) in [7, 11) is 0. The number of nitrogens with zero attached hydrogens (tertiary/aromatic N) is 1. The first-order valence-corrected chi connectivity index (χ1v) is 7.01. The third-order valence-corrected chi connectivity index (χ3v) is 3.40. The predicted octanol–water partition coefficient (Wildman–Crippen LogP) is 3.64. The van der Waals surface area contributed by atoms with Crippen LogP contribution < -0.4 is 0 Å². The molecule has 19 heavy (non-hydrogen) atoms. The van der Waals surface area contributed by atoms with E-state index in [2.05, 4.69) is 38.1 Å². The van der Waals surface area contributed by atoms with E-state index >= 15 is 0 Å². The summed E-state index contributed by atoms with van der Waals surface area (Å²) in [4.78, 5) is 5.48. The summed E-state index contributed by atoms with van der Waals surface area (Å²) < 4.78 is 5.73. The highest BCUT2D eigenvalue weighted by molar-refractivity contribution is 5.87. The lowest BCUT2D eigenvalue weighted by Gasteiger charge is -2.15. The Morgan fingerprint density at radius 2 is 2.00 bits per heavy atom. The third-order valence-electron chi connectivity index (χ3n) is 3.40. The van der Waals surface area contributed by atoms with Gasteiger partial charge in [0.05, 0.1) is 18.9 Å². The van der Waals surface area contributed by atoms with E-state index in [1.807, 2.05) is 18.2 Å². The van der Waals surface area contributed by atoms with Gasteiger partial charge < -0.3 is 9.57 Å². The van der Waals surface area contributed by atoms with Crippen molar-refractivity contribution in [3.8, 4) is 0 Å². The molecule has 3 heteroatoms. The molecule has 104 valence electrons. The van der Waals surface area contributed by atoms with Crippen LogP contribution in [0.5, 0.6) is 0 Å². The van der Waals surface area contributed by atoms with Gasteiger partial charge in [0, 0.05) is 5.92 Å². The lowest BCUT2D eigenvalue weighted by atomic mass is 9.93. The maximum absolute atomic E-state index is 5.73. The van der Waals surface area contributed by atoms with Gasteiger partial charge in [-0.25, -0.2) is 0 Å². The maximum atomic E-state index is 5.73. The molecule has 0 N–H and O–H groups in total. The topological polar surface area (TPSA) is 30.8 Å². The molecule has 3 nitrogen and oxygen atoms in total. The van der Waals surface area contributed by atoms with E-state index in [0.717, 1.165) is 6.42 Å². The largest absolute Gasteiger partial charge is 0.389 e. The Hall–Kier alpha value is -1.35. The van der Waals surface area contributed by atoms with Crippen molar-refractivity contribution in [2.24, 2.45) is 17.0 Å². The number of oxime groups is 1. The van der Waals surface area contributed by atoms with Gasteiger partial charge in [-0.3, -0.25) is 0 Å². The lowest BCUT2D eigenvalue weighted by Crippen LogP contribution is -2.26. The zero-order valence-corrected chi connectivity index (χ0v) is 12.0. The molecule has 2 rings (SSSR count). The fraction of sp³-hybridized carbons (Fsp3) is 0.562. The van der Waals surface area contributed by atoms with Gasteiger partial charge in [0.15, 0.2) is 6.10 Å². The lowest BCUT2D eigenvalue weighted by molar-refractivity contribution is -0.0171. The standard InChI is InChI=1S/C16H23NO2/c1-12(2)9-15-13(3)16(19-17-15)11-18-10-14-7-5-4-6-8-14/h4-8,12-13,16H,9-11H2,1-3H3/t13-,16-/m1/s1. The minimum atomic E-state index is 0.0671. The molecule has 0 fully saturated rings. The summed E-state index contributed by atoms with van der Waals surface area (Å²) in [6.45, 7) is 7.81. The van der Waals surface area contributed by atoms with Gasteiger partial charge in [0.25, 0.3) is 0 Å². The normalized spacial score (nSPS) is 22.4.